The summed E-state index contributed by atoms with van der Waals surface area (Å²) in [6.07, 6.45) is 3.71. The Morgan fingerprint density at radius 1 is 1.40 bits per heavy atom. The lowest BCUT2D eigenvalue weighted by Gasteiger charge is -2.33. The van der Waals surface area contributed by atoms with Crippen molar-refractivity contribution >= 4 is 24.0 Å². The van der Waals surface area contributed by atoms with Crippen molar-refractivity contribution in [3.8, 4) is 0 Å². The molecule has 4 heteroatoms. The van der Waals surface area contributed by atoms with E-state index >= 15 is 0 Å². The zero-order valence-corrected chi connectivity index (χ0v) is 14.1. The molecule has 1 aromatic carbocycles. The summed E-state index contributed by atoms with van der Waals surface area (Å²) in [6.45, 7) is 6.72. The van der Waals surface area contributed by atoms with Crippen molar-refractivity contribution in [3.63, 3.8) is 0 Å². The van der Waals surface area contributed by atoms with Crippen LogP contribution in [-0.2, 0) is 13.0 Å². The molecule has 1 fully saturated rings. The molecule has 1 aliphatic rings. The highest BCUT2D eigenvalue weighted by atomic mass is 35.5. The largest absolute Gasteiger partial charge is 0.319 e. The lowest BCUT2D eigenvalue weighted by Crippen LogP contribution is -2.38. The van der Waals surface area contributed by atoms with Gasteiger partial charge in [-0.05, 0) is 62.5 Å². The fourth-order valence-corrected chi connectivity index (χ4v) is 3.34. The topological polar surface area (TPSA) is 15.3 Å². The third-order valence-corrected chi connectivity index (χ3v) is 4.43. The molecule has 1 unspecified atom stereocenters. The molecule has 20 heavy (non-hydrogen) atoms. The summed E-state index contributed by atoms with van der Waals surface area (Å²) in [7, 11) is 2.04. The van der Waals surface area contributed by atoms with Crippen molar-refractivity contribution in [1.29, 1.82) is 0 Å². The Morgan fingerprint density at radius 2 is 2.20 bits per heavy atom. The van der Waals surface area contributed by atoms with Gasteiger partial charge in [0.2, 0.25) is 0 Å². The van der Waals surface area contributed by atoms with Crippen molar-refractivity contribution in [2.45, 2.75) is 32.7 Å². The Balaban J connectivity index is 0.00000200. The molecule has 1 N–H and O–H groups in total. The van der Waals surface area contributed by atoms with Gasteiger partial charge in [-0.25, -0.2) is 0 Å². The van der Waals surface area contributed by atoms with Gasteiger partial charge < -0.3 is 5.32 Å². The Labute approximate surface area is 134 Å². The van der Waals surface area contributed by atoms with E-state index in [-0.39, 0.29) is 12.4 Å². The van der Waals surface area contributed by atoms with E-state index in [1.807, 2.05) is 13.1 Å². The van der Waals surface area contributed by atoms with Crippen LogP contribution in [0, 0.1) is 5.92 Å². The van der Waals surface area contributed by atoms with Crippen LogP contribution in [0.1, 0.15) is 30.9 Å². The molecule has 0 radical (unpaired) electrons. The Morgan fingerprint density at radius 3 is 2.90 bits per heavy atom. The van der Waals surface area contributed by atoms with Crippen LogP contribution in [0.5, 0.6) is 0 Å². The molecule has 0 aromatic heterocycles. The first kappa shape index (κ1) is 17.8. The van der Waals surface area contributed by atoms with E-state index in [4.69, 9.17) is 11.6 Å². The molecular formula is C16H26Cl2N2. The minimum absolute atomic E-state index is 0. The van der Waals surface area contributed by atoms with E-state index < -0.39 is 0 Å². The summed E-state index contributed by atoms with van der Waals surface area (Å²) in [4.78, 5) is 2.56. The van der Waals surface area contributed by atoms with Crippen molar-refractivity contribution in [3.05, 3.63) is 34.3 Å². The maximum absolute atomic E-state index is 6.39. The summed E-state index contributed by atoms with van der Waals surface area (Å²) in [5, 5.41) is 4.23. The van der Waals surface area contributed by atoms with Gasteiger partial charge in [-0.15, -0.1) is 12.4 Å². The quantitative estimate of drug-likeness (QED) is 0.889. The molecule has 1 heterocycles. The number of hydrogen-bond donors (Lipinski definition) is 1. The molecule has 1 aromatic rings. The smallest absolute Gasteiger partial charge is 0.0453 e. The molecular weight excluding hydrogens is 291 g/mol. The van der Waals surface area contributed by atoms with Crippen LogP contribution < -0.4 is 5.32 Å². The summed E-state index contributed by atoms with van der Waals surface area (Å²) < 4.78 is 0. The van der Waals surface area contributed by atoms with E-state index in [0.717, 1.165) is 30.5 Å². The number of halogens is 2. The van der Waals surface area contributed by atoms with Crippen molar-refractivity contribution in [1.82, 2.24) is 10.2 Å². The number of hydrogen-bond acceptors (Lipinski definition) is 2. The average Bonchev–Trinajstić information content (AvgIpc) is 2.42. The van der Waals surface area contributed by atoms with E-state index in [0.29, 0.717) is 0 Å². The standard InChI is InChI=1S/C16H25ClN2.ClH/c1-3-14-7-4-8-16(17)15(14)12-19-9-5-6-13(11-19)10-18-2;/h4,7-8,13,18H,3,5-6,9-12H2,1-2H3;1H. The van der Waals surface area contributed by atoms with E-state index in [2.05, 4.69) is 29.3 Å². The van der Waals surface area contributed by atoms with Gasteiger partial charge in [0, 0.05) is 18.1 Å². The molecule has 0 aliphatic carbocycles. The van der Waals surface area contributed by atoms with Gasteiger partial charge in [-0.3, -0.25) is 4.90 Å². The molecule has 2 rings (SSSR count). The zero-order valence-electron chi connectivity index (χ0n) is 12.5. The Hall–Kier alpha value is -0.280. The fourth-order valence-electron chi connectivity index (χ4n) is 3.09. The maximum atomic E-state index is 6.39. The number of piperidine rings is 1. The molecule has 114 valence electrons. The predicted molar refractivity (Wildman–Crippen MR) is 90.0 cm³/mol. The van der Waals surface area contributed by atoms with Crippen LogP contribution in [0.3, 0.4) is 0 Å². The third-order valence-electron chi connectivity index (χ3n) is 4.07. The predicted octanol–water partition coefficient (Wildman–Crippen LogP) is 3.76. The Bertz CT molecular complexity index is 407. The van der Waals surface area contributed by atoms with Gasteiger partial charge in [0.1, 0.15) is 0 Å². The van der Waals surface area contributed by atoms with Crippen LogP contribution in [0.25, 0.3) is 0 Å². The summed E-state index contributed by atoms with van der Waals surface area (Å²) in [6, 6.07) is 6.28. The number of nitrogens with zero attached hydrogens (tertiary/aromatic N) is 1. The first-order valence-corrected chi connectivity index (χ1v) is 7.75. The van der Waals surface area contributed by atoms with Gasteiger partial charge in [-0.2, -0.15) is 0 Å². The lowest BCUT2D eigenvalue weighted by atomic mass is 9.96. The minimum Gasteiger partial charge on any atom is -0.319 e. The number of rotatable bonds is 5. The van der Waals surface area contributed by atoms with Crippen LogP contribution in [0.2, 0.25) is 5.02 Å². The van der Waals surface area contributed by atoms with E-state index in [1.54, 1.807) is 0 Å². The first-order chi connectivity index (χ1) is 9.24. The highest BCUT2D eigenvalue weighted by Gasteiger charge is 2.20. The van der Waals surface area contributed by atoms with Gasteiger partial charge in [0.15, 0.2) is 0 Å². The molecule has 0 amide bonds. The normalized spacial score (nSPS) is 19.6. The summed E-state index contributed by atoms with van der Waals surface area (Å²) in [5.74, 6) is 0.784. The first-order valence-electron chi connectivity index (χ1n) is 7.37. The highest BCUT2D eigenvalue weighted by Crippen LogP contribution is 2.25. The monoisotopic (exact) mass is 316 g/mol. The fraction of sp³-hybridized carbons (Fsp3) is 0.625. The van der Waals surface area contributed by atoms with Crippen molar-refractivity contribution in [2.24, 2.45) is 5.92 Å². The minimum atomic E-state index is 0. The van der Waals surface area contributed by atoms with E-state index in [1.165, 1.54) is 37.1 Å². The van der Waals surface area contributed by atoms with Crippen LogP contribution in [0.15, 0.2) is 18.2 Å². The molecule has 1 saturated heterocycles. The zero-order chi connectivity index (χ0) is 13.7. The van der Waals surface area contributed by atoms with Gasteiger partial charge in [-0.1, -0.05) is 30.7 Å². The highest BCUT2D eigenvalue weighted by molar-refractivity contribution is 6.31. The van der Waals surface area contributed by atoms with Gasteiger partial charge in [0.25, 0.3) is 0 Å². The van der Waals surface area contributed by atoms with Crippen molar-refractivity contribution < 1.29 is 0 Å². The number of benzene rings is 1. The second kappa shape index (κ2) is 8.89. The Kier molecular flexibility index (Phi) is 7.90. The van der Waals surface area contributed by atoms with Crippen LogP contribution in [0.4, 0.5) is 0 Å². The van der Waals surface area contributed by atoms with Crippen LogP contribution in [-0.4, -0.2) is 31.6 Å². The van der Waals surface area contributed by atoms with Gasteiger partial charge in [0.05, 0.1) is 0 Å². The molecule has 2 nitrogen and oxygen atoms in total. The molecule has 0 bridgehead atoms. The second-order valence-electron chi connectivity index (χ2n) is 5.53. The molecule has 1 atom stereocenters. The lowest BCUT2D eigenvalue weighted by molar-refractivity contribution is 0.166. The number of likely N-dealkylation sites (tertiary alicyclic amines) is 1. The summed E-state index contributed by atoms with van der Waals surface area (Å²) >= 11 is 6.39. The third kappa shape index (κ3) is 4.63. The second-order valence-corrected chi connectivity index (χ2v) is 5.94. The number of aryl methyl sites for hydroxylation is 1. The van der Waals surface area contributed by atoms with Crippen molar-refractivity contribution in [2.75, 3.05) is 26.7 Å². The summed E-state index contributed by atoms with van der Waals surface area (Å²) in [5.41, 5.74) is 2.72. The molecule has 0 saturated carbocycles. The molecule has 1 aliphatic heterocycles. The SMILES string of the molecule is CCc1cccc(Cl)c1CN1CCCC(CNC)C1.Cl. The van der Waals surface area contributed by atoms with Crippen LogP contribution >= 0.6 is 24.0 Å². The maximum Gasteiger partial charge on any atom is 0.0453 e. The van der Waals surface area contributed by atoms with Gasteiger partial charge >= 0.3 is 0 Å². The van der Waals surface area contributed by atoms with E-state index in [9.17, 15) is 0 Å². The molecule has 0 spiro atoms. The average molecular weight is 317 g/mol. The number of nitrogens with one attached hydrogen (secondary N) is 1.